The minimum atomic E-state index is 0.320. The number of aromatic nitrogens is 3. The molecule has 4 heteroatoms. The van der Waals surface area contributed by atoms with Crippen LogP contribution in [-0.4, -0.2) is 15.0 Å². The predicted octanol–water partition coefficient (Wildman–Crippen LogP) is 14.0. The van der Waals surface area contributed by atoms with E-state index in [0.717, 1.165) is 61.6 Å². The lowest BCUT2D eigenvalue weighted by Gasteiger charge is -2.15. The van der Waals surface area contributed by atoms with Gasteiger partial charge in [0.2, 0.25) is 0 Å². The third-order valence-electron chi connectivity index (χ3n) is 11.2. The Morgan fingerprint density at radius 3 is 1.82 bits per heavy atom. The van der Waals surface area contributed by atoms with Crippen molar-refractivity contribution in [1.82, 2.24) is 15.0 Å². The summed E-state index contributed by atoms with van der Waals surface area (Å²) in [6, 6.07) is 59.8. The molecule has 0 bridgehead atoms. The third-order valence-corrected chi connectivity index (χ3v) is 11.2. The van der Waals surface area contributed by atoms with E-state index in [1.807, 2.05) is 30.3 Å². The molecule has 0 N–H and O–H groups in total. The topological polar surface area (TPSA) is 51.8 Å². The highest BCUT2D eigenvalue weighted by Gasteiger charge is 2.21. The van der Waals surface area contributed by atoms with Crippen molar-refractivity contribution < 1.29 is 4.42 Å². The summed E-state index contributed by atoms with van der Waals surface area (Å²) in [5, 5.41) is 6.87. The minimum absolute atomic E-state index is 0.320. The van der Waals surface area contributed by atoms with Crippen LogP contribution in [0.5, 0.6) is 0 Å². The molecule has 8 aromatic carbocycles. The molecular weight excluding hydrogens is 695 g/mol. The van der Waals surface area contributed by atoms with Crippen LogP contribution in [0.1, 0.15) is 17.9 Å². The van der Waals surface area contributed by atoms with Gasteiger partial charge < -0.3 is 4.42 Å². The van der Waals surface area contributed by atoms with Gasteiger partial charge in [-0.2, -0.15) is 0 Å². The molecule has 0 radical (unpaired) electrons. The van der Waals surface area contributed by atoms with E-state index in [1.54, 1.807) is 0 Å². The molecule has 0 spiro atoms. The second kappa shape index (κ2) is 13.7. The van der Waals surface area contributed by atoms with Gasteiger partial charge in [-0.25, -0.2) is 15.0 Å². The van der Waals surface area contributed by atoms with Gasteiger partial charge in [0.25, 0.3) is 0 Å². The van der Waals surface area contributed by atoms with Crippen LogP contribution in [0.2, 0.25) is 0 Å². The molecule has 0 saturated carbocycles. The van der Waals surface area contributed by atoms with Gasteiger partial charge in [0, 0.05) is 38.9 Å². The van der Waals surface area contributed by atoms with Crippen molar-refractivity contribution in [3.8, 4) is 56.4 Å². The van der Waals surface area contributed by atoms with Crippen LogP contribution < -0.4 is 0 Å². The van der Waals surface area contributed by atoms with E-state index < -0.39 is 0 Å². The molecule has 268 valence electrons. The SMILES string of the molecule is C1=CCC(c2cccc(-c3nc(-c4ccccc4)nc(-c4ccc5c(c4)oc4c(-c6ccc(-c7ccccc7)c7ccccc67)cc6ccccc6c45)n3)c2)C=C1. The monoisotopic (exact) mass is 729 g/mol. The summed E-state index contributed by atoms with van der Waals surface area (Å²) in [5.41, 5.74) is 10.3. The summed E-state index contributed by atoms with van der Waals surface area (Å²) < 4.78 is 7.00. The van der Waals surface area contributed by atoms with Crippen LogP contribution in [0.4, 0.5) is 0 Å². The van der Waals surface area contributed by atoms with E-state index in [9.17, 15) is 0 Å². The van der Waals surface area contributed by atoms with Crippen LogP contribution in [0.3, 0.4) is 0 Å². The fourth-order valence-corrected chi connectivity index (χ4v) is 8.45. The van der Waals surface area contributed by atoms with Crippen molar-refractivity contribution in [1.29, 1.82) is 0 Å². The molecule has 1 atom stereocenters. The predicted molar refractivity (Wildman–Crippen MR) is 235 cm³/mol. The first-order valence-corrected chi connectivity index (χ1v) is 19.5. The summed E-state index contributed by atoms with van der Waals surface area (Å²) in [6.45, 7) is 0. The van der Waals surface area contributed by atoms with Crippen molar-refractivity contribution >= 4 is 43.5 Å². The zero-order valence-corrected chi connectivity index (χ0v) is 31.0. The lowest BCUT2D eigenvalue weighted by molar-refractivity contribution is 0.670. The van der Waals surface area contributed by atoms with E-state index in [4.69, 9.17) is 19.4 Å². The summed E-state index contributed by atoms with van der Waals surface area (Å²) in [4.78, 5) is 15.2. The lowest BCUT2D eigenvalue weighted by atomic mass is 9.90. The van der Waals surface area contributed by atoms with Crippen molar-refractivity contribution in [3.05, 3.63) is 200 Å². The lowest BCUT2D eigenvalue weighted by Crippen LogP contribution is -2.01. The maximum atomic E-state index is 7.00. The summed E-state index contributed by atoms with van der Waals surface area (Å²) in [7, 11) is 0. The summed E-state index contributed by atoms with van der Waals surface area (Å²) in [6.07, 6.45) is 9.68. The van der Waals surface area contributed by atoms with Gasteiger partial charge in [-0.05, 0) is 74.5 Å². The van der Waals surface area contributed by atoms with Crippen molar-refractivity contribution in [3.63, 3.8) is 0 Å². The van der Waals surface area contributed by atoms with E-state index in [0.29, 0.717) is 23.4 Å². The van der Waals surface area contributed by atoms with E-state index >= 15 is 0 Å². The fourth-order valence-electron chi connectivity index (χ4n) is 8.45. The second-order valence-electron chi connectivity index (χ2n) is 14.7. The van der Waals surface area contributed by atoms with Crippen LogP contribution in [0.25, 0.3) is 99.9 Å². The highest BCUT2D eigenvalue weighted by molar-refractivity contribution is 6.24. The molecule has 1 aliphatic rings. The van der Waals surface area contributed by atoms with Crippen LogP contribution in [0.15, 0.2) is 199 Å². The number of fused-ring (bicyclic) bond motifs is 6. The Bertz CT molecular complexity index is 3210. The number of rotatable bonds is 6. The standard InChI is InChI=1S/C53H35N3O/c1-4-15-34(16-5-1)37-22-14-23-39(31-37)52-54-51(36-19-8-3-9-20-36)55-53(56-52)40-27-28-46-48(33-40)57-50-47(32-38-21-10-11-24-42(38)49(46)50)45-30-29-41(35-17-6-2-7-18-35)43-25-12-13-26-44(43)45/h1-15,17-34H,16H2. The molecule has 0 saturated heterocycles. The van der Waals surface area contributed by atoms with Gasteiger partial charge in [0.1, 0.15) is 11.2 Å². The molecule has 0 aliphatic heterocycles. The van der Waals surface area contributed by atoms with Gasteiger partial charge in [0.15, 0.2) is 17.5 Å². The quantitative estimate of drug-likeness (QED) is 0.171. The molecule has 2 aromatic heterocycles. The van der Waals surface area contributed by atoms with Crippen LogP contribution in [0, 0.1) is 0 Å². The molecule has 2 heterocycles. The highest BCUT2D eigenvalue weighted by Crippen LogP contribution is 2.45. The van der Waals surface area contributed by atoms with Crippen molar-refractivity contribution in [2.24, 2.45) is 0 Å². The number of nitrogens with zero attached hydrogens (tertiary/aromatic N) is 3. The Hall–Kier alpha value is -7.43. The fraction of sp³-hybridized carbons (Fsp3) is 0.0377. The molecule has 11 rings (SSSR count). The zero-order valence-electron chi connectivity index (χ0n) is 31.0. The zero-order chi connectivity index (χ0) is 37.7. The molecule has 10 aromatic rings. The van der Waals surface area contributed by atoms with Crippen LogP contribution >= 0.6 is 0 Å². The van der Waals surface area contributed by atoms with Gasteiger partial charge >= 0.3 is 0 Å². The Labute approximate surface area is 330 Å². The smallest absolute Gasteiger partial charge is 0.164 e. The van der Waals surface area contributed by atoms with Gasteiger partial charge in [-0.1, -0.05) is 170 Å². The number of allylic oxidation sites excluding steroid dienone is 4. The average Bonchev–Trinajstić information content (AvgIpc) is 3.69. The number of benzene rings is 8. The van der Waals surface area contributed by atoms with Gasteiger partial charge in [-0.3, -0.25) is 0 Å². The Morgan fingerprint density at radius 2 is 1.07 bits per heavy atom. The van der Waals surface area contributed by atoms with Crippen LogP contribution in [-0.2, 0) is 0 Å². The first kappa shape index (κ1) is 33.0. The largest absolute Gasteiger partial charge is 0.455 e. The number of hydrogen-bond acceptors (Lipinski definition) is 4. The van der Waals surface area contributed by atoms with Gasteiger partial charge in [-0.15, -0.1) is 0 Å². The first-order chi connectivity index (χ1) is 28.2. The minimum Gasteiger partial charge on any atom is -0.455 e. The number of furan rings is 1. The highest BCUT2D eigenvalue weighted by atomic mass is 16.3. The van der Waals surface area contributed by atoms with Crippen molar-refractivity contribution in [2.75, 3.05) is 0 Å². The van der Waals surface area contributed by atoms with Gasteiger partial charge in [0.05, 0.1) is 0 Å². The van der Waals surface area contributed by atoms with Crippen molar-refractivity contribution in [2.45, 2.75) is 12.3 Å². The summed E-state index contributed by atoms with van der Waals surface area (Å²) in [5.74, 6) is 2.19. The molecule has 4 nitrogen and oxygen atoms in total. The second-order valence-corrected chi connectivity index (χ2v) is 14.7. The molecule has 1 aliphatic carbocycles. The first-order valence-electron chi connectivity index (χ1n) is 19.5. The molecule has 0 fully saturated rings. The van der Waals surface area contributed by atoms with E-state index in [-0.39, 0.29) is 0 Å². The molecule has 0 amide bonds. The average molecular weight is 730 g/mol. The Kier molecular flexibility index (Phi) is 7.92. The number of hydrogen-bond donors (Lipinski definition) is 0. The molecule has 1 unspecified atom stereocenters. The molecular formula is C53H35N3O. The summed E-state index contributed by atoms with van der Waals surface area (Å²) >= 11 is 0. The van der Waals surface area contributed by atoms with E-state index in [1.165, 1.54) is 32.8 Å². The Balaban J connectivity index is 1.10. The Morgan fingerprint density at radius 1 is 0.439 bits per heavy atom. The maximum absolute atomic E-state index is 7.00. The normalized spacial score (nSPS) is 13.9. The van der Waals surface area contributed by atoms with E-state index in [2.05, 4.69) is 164 Å². The third kappa shape index (κ3) is 5.82. The maximum Gasteiger partial charge on any atom is 0.164 e. The molecule has 57 heavy (non-hydrogen) atoms.